The molecule has 2 heterocycles. The molecule has 43 heavy (non-hydrogen) atoms. The second kappa shape index (κ2) is 11.9. The van der Waals surface area contributed by atoms with Crippen LogP contribution in [0.4, 0.5) is 5.82 Å². The van der Waals surface area contributed by atoms with Crippen molar-refractivity contribution < 1.29 is 17.7 Å². The van der Waals surface area contributed by atoms with Crippen LogP contribution in [-0.2, 0) is 27.8 Å². The number of rotatable bonds is 10. The maximum Gasteiger partial charge on any atom is 0.263 e. The quantitative estimate of drug-likeness (QED) is 0.257. The van der Waals surface area contributed by atoms with Crippen molar-refractivity contribution in [1.82, 2.24) is 10.1 Å². The van der Waals surface area contributed by atoms with E-state index in [0.717, 1.165) is 73.9 Å². The Labute approximate surface area is 256 Å². The summed E-state index contributed by atoms with van der Waals surface area (Å²) in [6.45, 7) is 12.7. The lowest BCUT2D eigenvalue weighted by molar-refractivity contribution is -0.131. The standard InChI is InChI=1S/C34H44N4O4S/c1-7-8-15-30-35-34(18-11-12-19-34)32(39)38(30)22-25-16-17-27(26(20-25)21-33(4,5)6)28-13-9-10-14-29(28)43(40,41)37-31-23(2)24(3)42-36-31/h9-10,13-14,16-17,20H,7-8,11-12,15,18-19,21-22H2,1-6H3,(H,36,37). The van der Waals surface area contributed by atoms with Gasteiger partial charge in [0.25, 0.3) is 15.9 Å². The number of sulfonamides is 1. The van der Waals surface area contributed by atoms with Crippen LogP contribution in [-0.4, -0.2) is 35.8 Å². The molecule has 1 aliphatic carbocycles. The number of anilines is 1. The molecule has 0 radical (unpaired) electrons. The Hall–Kier alpha value is -3.46. The summed E-state index contributed by atoms with van der Waals surface area (Å²) in [5.74, 6) is 1.80. The minimum absolute atomic E-state index is 0.0556. The number of nitrogens with zero attached hydrogens (tertiary/aromatic N) is 3. The van der Waals surface area contributed by atoms with E-state index in [-0.39, 0.29) is 22.0 Å². The van der Waals surface area contributed by atoms with Gasteiger partial charge >= 0.3 is 0 Å². The summed E-state index contributed by atoms with van der Waals surface area (Å²) in [6.07, 6.45) is 7.33. The first-order valence-corrected chi connectivity index (χ1v) is 16.9. The van der Waals surface area contributed by atoms with E-state index >= 15 is 0 Å². The fourth-order valence-electron chi connectivity index (χ4n) is 6.23. The number of unbranched alkanes of at least 4 members (excludes halogenated alkanes) is 1. The number of benzene rings is 2. The third-order valence-electron chi connectivity index (χ3n) is 8.57. The molecule has 230 valence electrons. The van der Waals surface area contributed by atoms with Crippen molar-refractivity contribution in [1.29, 1.82) is 0 Å². The van der Waals surface area contributed by atoms with Crippen molar-refractivity contribution in [3.63, 3.8) is 0 Å². The highest BCUT2D eigenvalue weighted by atomic mass is 32.2. The zero-order valence-corrected chi connectivity index (χ0v) is 27.1. The molecular weight excluding hydrogens is 560 g/mol. The Balaban J connectivity index is 1.52. The molecule has 8 nitrogen and oxygen atoms in total. The van der Waals surface area contributed by atoms with Gasteiger partial charge in [-0.25, -0.2) is 8.42 Å². The van der Waals surface area contributed by atoms with E-state index in [2.05, 4.69) is 43.6 Å². The van der Waals surface area contributed by atoms with E-state index in [4.69, 9.17) is 9.52 Å². The van der Waals surface area contributed by atoms with Crippen molar-refractivity contribution in [3.8, 4) is 11.1 Å². The average molecular weight is 605 g/mol. The first-order chi connectivity index (χ1) is 20.3. The van der Waals surface area contributed by atoms with Crippen molar-refractivity contribution in [2.45, 2.75) is 110 Å². The van der Waals surface area contributed by atoms with Gasteiger partial charge in [0.1, 0.15) is 17.1 Å². The van der Waals surface area contributed by atoms with Crippen molar-refractivity contribution in [2.75, 3.05) is 4.72 Å². The number of aliphatic imine (C=N–C) groups is 1. The van der Waals surface area contributed by atoms with Crippen LogP contribution in [0.5, 0.6) is 0 Å². The molecular formula is C34H44N4O4S. The predicted molar refractivity (Wildman–Crippen MR) is 171 cm³/mol. The molecule has 3 aromatic rings. The van der Waals surface area contributed by atoms with Gasteiger partial charge in [0.15, 0.2) is 5.82 Å². The van der Waals surface area contributed by atoms with E-state index < -0.39 is 15.6 Å². The van der Waals surface area contributed by atoms with E-state index in [9.17, 15) is 13.2 Å². The van der Waals surface area contributed by atoms with Gasteiger partial charge in [0, 0.05) is 17.5 Å². The smallest absolute Gasteiger partial charge is 0.263 e. The fraction of sp³-hybridized carbons (Fsp3) is 0.500. The first-order valence-electron chi connectivity index (χ1n) is 15.4. The van der Waals surface area contributed by atoms with Crippen LogP contribution in [0.1, 0.15) is 95.1 Å². The normalized spacial score (nSPS) is 16.7. The van der Waals surface area contributed by atoms with Crippen molar-refractivity contribution in [3.05, 3.63) is 64.9 Å². The van der Waals surface area contributed by atoms with Crippen LogP contribution in [0.3, 0.4) is 0 Å². The minimum Gasteiger partial charge on any atom is -0.359 e. The Kier molecular flexibility index (Phi) is 8.58. The highest BCUT2D eigenvalue weighted by Gasteiger charge is 2.49. The van der Waals surface area contributed by atoms with E-state index in [1.807, 2.05) is 29.2 Å². The van der Waals surface area contributed by atoms with Crippen LogP contribution >= 0.6 is 0 Å². The number of amidine groups is 1. The highest BCUT2D eigenvalue weighted by Crippen LogP contribution is 2.41. The number of aromatic nitrogens is 1. The van der Waals surface area contributed by atoms with Crippen LogP contribution in [0.2, 0.25) is 0 Å². The monoisotopic (exact) mass is 604 g/mol. The highest BCUT2D eigenvalue weighted by molar-refractivity contribution is 7.92. The van der Waals surface area contributed by atoms with Gasteiger partial charge in [-0.2, -0.15) is 0 Å². The molecule has 1 spiro atoms. The molecule has 0 saturated heterocycles. The summed E-state index contributed by atoms with van der Waals surface area (Å²) in [7, 11) is -3.97. The molecule has 1 saturated carbocycles. The lowest BCUT2D eigenvalue weighted by Gasteiger charge is -2.25. The van der Waals surface area contributed by atoms with E-state index in [1.54, 1.807) is 26.0 Å². The zero-order chi connectivity index (χ0) is 31.0. The Bertz CT molecular complexity index is 1640. The molecule has 1 N–H and O–H groups in total. The predicted octanol–water partition coefficient (Wildman–Crippen LogP) is 7.59. The van der Waals surface area contributed by atoms with Crippen molar-refractivity contribution >= 4 is 27.6 Å². The number of aryl methyl sites for hydroxylation is 1. The van der Waals surface area contributed by atoms with Crippen LogP contribution in [0.25, 0.3) is 11.1 Å². The summed E-state index contributed by atoms with van der Waals surface area (Å²) >= 11 is 0. The number of amides is 1. The second-order valence-corrected chi connectivity index (χ2v) is 15.0. The molecule has 1 amide bonds. The van der Waals surface area contributed by atoms with Gasteiger partial charge in [0.2, 0.25) is 0 Å². The molecule has 1 aromatic heterocycles. The summed E-state index contributed by atoms with van der Waals surface area (Å²) in [6, 6.07) is 13.2. The van der Waals surface area contributed by atoms with Crippen molar-refractivity contribution in [2.24, 2.45) is 10.4 Å². The van der Waals surface area contributed by atoms with E-state index in [0.29, 0.717) is 23.4 Å². The molecule has 1 fully saturated rings. The third kappa shape index (κ3) is 6.42. The average Bonchev–Trinajstić information content (AvgIpc) is 3.62. The lowest BCUT2D eigenvalue weighted by atomic mass is 9.84. The number of carbonyl (C=O) groups excluding carboxylic acids is 1. The number of hydrogen-bond donors (Lipinski definition) is 1. The molecule has 9 heteroatoms. The first kappa shape index (κ1) is 31.0. The molecule has 0 atom stereocenters. The molecule has 0 bridgehead atoms. The number of nitrogens with one attached hydrogen (secondary N) is 1. The topological polar surface area (TPSA) is 105 Å². The van der Waals surface area contributed by atoms with Gasteiger partial charge in [-0.3, -0.25) is 19.4 Å². The third-order valence-corrected chi connectivity index (χ3v) is 9.97. The van der Waals surface area contributed by atoms with Crippen LogP contribution in [0.15, 0.2) is 56.9 Å². The minimum atomic E-state index is -3.97. The van der Waals surface area contributed by atoms with Gasteiger partial charge in [-0.1, -0.05) is 88.5 Å². The molecule has 0 unspecified atom stereocenters. The van der Waals surface area contributed by atoms with E-state index in [1.165, 1.54) is 0 Å². The SMILES string of the molecule is CCCCC1=NC2(CCCC2)C(=O)N1Cc1ccc(-c2ccccc2S(=O)(=O)Nc2noc(C)c2C)c(CC(C)(C)C)c1. The fourth-order valence-corrected chi connectivity index (χ4v) is 7.51. The van der Waals surface area contributed by atoms with Gasteiger partial charge in [-0.15, -0.1) is 0 Å². The molecule has 5 rings (SSSR count). The maximum absolute atomic E-state index is 13.8. The molecule has 1 aliphatic heterocycles. The number of hydrogen-bond acceptors (Lipinski definition) is 6. The summed E-state index contributed by atoms with van der Waals surface area (Å²) in [4.78, 5) is 20.9. The molecule has 2 aliphatic rings. The zero-order valence-electron chi connectivity index (χ0n) is 26.3. The van der Waals surface area contributed by atoms with Crippen LogP contribution < -0.4 is 4.72 Å². The molecule has 2 aromatic carbocycles. The largest absolute Gasteiger partial charge is 0.359 e. The summed E-state index contributed by atoms with van der Waals surface area (Å²) < 4.78 is 35.2. The van der Waals surface area contributed by atoms with Gasteiger partial charge in [-0.05, 0) is 67.7 Å². The Morgan fingerprint density at radius 1 is 1.05 bits per heavy atom. The maximum atomic E-state index is 13.8. The van der Waals surface area contributed by atoms with Crippen LogP contribution in [0, 0.1) is 19.3 Å². The van der Waals surface area contributed by atoms with Gasteiger partial charge < -0.3 is 4.52 Å². The Morgan fingerprint density at radius 3 is 2.42 bits per heavy atom. The van der Waals surface area contributed by atoms with Gasteiger partial charge in [0.05, 0.1) is 11.4 Å². The second-order valence-electron chi connectivity index (χ2n) is 13.3. The number of carbonyl (C=O) groups is 1. The summed E-state index contributed by atoms with van der Waals surface area (Å²) in [5.41, 5.74) is 3.55. The Morgan fingerprint density at radius 2 is 1.77 bits per heavy atom. The summed E-state index contributed by atoms with van der Waals surface area (Å²) in [5, 5.41) is 3.90. The lowest BCUT2D eigenvalue weighted by Crippen LogP contribution is -2.40.